The minimum atomic E-state index is -1.10. The largest absolute Gasteiger partial charge is 0.476 e. The Morgan fingerprint density at radius 3 is 2.62 bits per heavy atom. The van der Waals surface area contributed by atoms with Gasteiger partial charge in [-0.25, -0.2) is 19.6 Å². The van der Waals surface area contributed by atoms with Crippen molar-refractivity contribution in [2.45, 2.75) is 20.4 Å². The second-order valence-corrected chi connectivity index (χ2v) is 4.99. The van der Waals surface area contributed by atoms with E-state index in [1.54, 1.807) is 13.8 Å². The lowest BCUT2D eigenvalue weighted by molar-refractivity contribution is 0.0691. The number of aromatic nitrogens is 4. The standard InChI is InChI=1S/C11H12N6O3S/c1-5-6(2)16-17-10(13-5)15-11(20)12-3-8-14-7(4-21-8)9(18)19/h4H,3H2,1-2H3,(H,18,19)(H2,12,13,15,17,20). The predicted octanol–water partition coefficient (Wildman–Crippen LogP) is 0.965. The number of aromatic carboxylic acids is 1. The van der Waals surface area contributed by atoms with Crippen molar-refractivity contribution < 1.29 is 14.7 Å². The van der Waals surface area contributed by atoms with Crippen LogP contribution in [0.2, 0.25) is 0 Å². The first-order chi connectivity index (χ1) is 9.95. The summed E-state index contributed by atoms with van der Waals surface area (Å²) >= 11 is 1.15. The fourth-order valence-electron chi connectivity index (χ4n) is 1.30. The number of carbonyl (C=O) groups excluding carboxylic acids is 1. The molecule has 0 saturated carbocycles. The lowest BCUT2D eigenvalue weighted by Crippen LogP contribution is -2.29. The van der Waals surface area contributed by atoms with Crippen LogP contribution in [0.3, 0.4) is 0 Å². The van der Waals surface area contributed by atoms with Crippen LogP contribution in [0.15, 0.2) is 5.38 Å². The van der Waals surface area contributed by atoms with Gasteiger partial charge in [-0.1, -0.05) is 0 Å². The van der Waals surface area contributed by atoms with Crippen LogP contribution >= 0.6 is 11.3 Å². The van der Waals surface area contributed by atoms with E-state index in [2.05, 4.69) is 30.8 Å². The van der Waals surface area contributed by atoms with Crippen molar-refractivity contribution in [2.24, 2.45) is 0 Å². The van der Waals surface area contributed by atoms with Crippen LogP contribution in [0.5, 0.6) is 0 Å². The zero-order valence-corrected chi connectivity index (χ0v) is 12.1. The van der Waals surface area contributed by atoms with E-state index in [9.17, 15) is 9.59 Å². The Labute approximate surface area is 123 Å². The molecule has 0 aromatic carbocycles. The van der Waals surface area contributed by atoms with Gasteiger partial charge < -0.3 is 10.4 Å². The Balaban J connectivity index is 1.89. The molecule has 10 heteroatoms. The van der Waals surface area contributed by atoms with Crippen LogP contribution in [-0.4, -0.2) is 37.3 Å². The molecule has 9 nitrogen and oxygen atoms in total. The molecule has 21 heavy (non-hydrogen) atoms. The van der Waals surface area contributed by atoms with Gasteiger partial charge in [0.2, 0.25) is 0 Å². The summed E-state index contributed by atoms with van der Waals surface area (Å²) in [7, 11) is 0. The molecular formula is C11H12N6O3S. The number of anilines is 1. The number of nitrogens with one attached hydrogen (secondary N) is 2. The second kappa shape index (κ2) is 6.22. The molecule has 2 amide bonds. The lowest BCUT2D eigenvalue weighted by atomic mass is 10.4. The first kappa shape index (κ1) is 14.8. The number of carbonyl (C=O) groups is 2. The summed E-state index contributed by atoms with van der Waals surface area (Å²) < 4.78 is 0. The summed E-state index contributed by atoms with van der Waals surface area (Å²) in [6.07, 6.45) is 0. The van der Waals surface area contributed by atoms with E-state index in [0.29, 0.717) is 16.4 Å². The van der Waals surface area contributed by atoms with Gasteiger partial charge in [-0.2, -0.15) is 5.10 Å². The molecule has 0 saturated heterocycles. The van der Waals surface area contributed by atoms with Crippen molar-refractivity contribution in [1.82, 2.24) is 25.5 Å². The van der Waals surface area contributed by atoms with Crippen molar-refractivity contribution in [1.29, 1.82) is 0 Å². The highest BCUT2D eigenvalue weighted by molar-refractivity contribution is 7.09. The normalized spacial score (nSPS) is 10.2. The molecule has 2 rings (SSSR count). The number of hydrogen-bond donors (Lipinski definition) is 3. The van der Waals surface area contributed by atoms with Gasteiger partial charge in [0.05, 0.1) is 17.9 Å². The number of urea groups is 1. The molecule has 0 radical (unpaired) electrons. The summed E-state index contributed by atoms with van der Waals surface area (Å²) in [6.45, 7) is 3.64. The van der Waals surface area contributed by atoms with Crippen LogP contribution in [-0.2, 0) is 6.54 Å². The van der Waals surface area contributed by atoms with Gasteiger partial charge in [0.15, 0.2) is 5.69 Å². The SMILES string of the molecule is Cc1nnc(NC(=O)NCc2nc(C(=O)O)cs2)nc1C. The maximum Gasteiger partial charge on any atom is 0.355 e. The average Bonchev–Trinajstić information content (AvgIpc) is 2.90. The Bertz CT molecular complexity index is 686. The van der Waals surface area contributed by atoms with Crippen LogP contribution in [0.1, 0.15) is 26.9 Å². The fraction of sp³-hybridized carbons (Fsp3) is 0.273. The number of rotatable bonds is 4. The van der Waals surface area contributed by atoms with Crippen LogP contribution in [0, 0.1) is 13.8 Å². The highest BCUT2D eigenvalue weighted by Gasteiger charge is 2.10. The van der Waals surface area contributed by atoms with E-state index in [0.717, 1.165) is 11.3 Å². The highest BCUT2D eigenvalue weighted by atomic mass is 32.1. The van der Waals surface area contributed by atoms with Gasteiger partial charge >= 0.3 is 12.0 Å². The van der Waals surface area contributed by atoms with Gasteiger partial charge in [0.1, 0.15) is 5.01 Å². The number of thiazole rings is 1. The molecule has 0 fully saturated rings. The summed E-state index contributed by atoms with van der Waals surface area (Å²) in [4.78, 5) is 30.2. The zero-order chi connectivity index (χ0) is 15.4. The maximum absolute atomic E-state index is 11.7. The minimum absolute atomic E-state index is 0.0427. The second-order valence-electron chi connectivity index (χ2n) is 4.05. The van der Waals surface area contributed by atoms with E-state index >= 15 is 0 Å². The van der Waals surface area contributed by atoms with E-state index < -0.39 is 12.0 Å². The number of amides is 2. The van der Waals surface area contributed by atoms with Crippen molar-refractivity contribution >= 4 is 29.3 Å². The minimum Gasteiger partial charge on any atom is -0.476 e. The summed E-state index contributed by atoms with van der Waals surface area (Å²) in [6, 6.07) is -0.521. The highest BCUT2D eigenvalue weighted by Crippen LogP contribution is 2.09. The van der Waals surface area contributed by atoms with Crippen LogP contribution < -0.4 is 10.6 Å². The summed E-state index contributed by atoms with van der Waals surface area (Å²) in [5, 5.41) is 23.2. The number of hydrogen-bond acceptors (Lipinski definition) is 7. The summed E-state index contributed by atoms with van der Waals surface area (Å²) in [5.41, 5.74) is 1.31. The number of carboxylic acids is 1. The van der Waals surface area contributed by atoms with Gasteiger partial charge in [-0.15, -0.1) is 16.4 Å². The molecule has 0 aliphatic heterocycles. The van der Waals surface area contributed by atoms with E-state index in [-0.39, 0.29) is 18.2 Å². The van der Waals surface area contributed by atoms with Crippen molar-refractivity contribution in [3.63, 3.8) is 0 Å². The molecule has 0 bridgehead atoms. The Kier molecular flexibility index (Phi) is 4.38. The van der Waals surface area contributed by atoms with E-state index in [1.165, 1.54) is 5.38 Å². The zero-order valence-electron chi connectivity index (χ0n) is 11.2. The number of carboxylic acid groups (broad SMARTS) is 1. The Morgan fingerprint density at radius 2 is 2.00 bits per heavy atom. The molecule has 2 heterocycles. The van der Waals surface area contributed by atoms with Gasteiger partial charge in [-0.3, -0.25) is 5.32 Å². The van der Waals surface area contributed by atoms with Crippen molar-refractivity contribution in [3.05, 3.63) is 27.5 Å². The van der Waals surface area contributed by atoms with Gasteiger partial charge in [0.25, 0.3) is 5.95 Å². The number of aryl methyl sites for hydroxylation is 2. The first-order valence-electron chi connectivity index (χ1n) is 5.86. The van der Waals surface area contributed by atoms with Crippen molar-refractivity contribution in [2.75, 3.05) is 5.32 Å². The third-order valence-electron chi connectivity index (χ3n) is 2.49. The summed E-state index contributed by atoms with van der Waals surface area (Å²) in [5.74, 6) is -1.00. The van der Waals surface area contributed by atoms with Gasteiger partial charge in [-0.05, 0) is 13.8 Å². The molecule has 0 unspecified atom stereocenters. The quantitative estimate of drug-likeness (QED) is 0.767. The maximum atomic E-state index is 11.7. The molecular weight excluding hydrogens is 296 g/mol. The molecule has 2 aromatic rings. The smallest absolute Gasteiger partial charge is 0.355 e. The van der Waals surface area contributed by atoms with E-state index in [1.807, 2.05) is 0 Å². The third kappa shape index (κ3) is 3.92. The first-order valence-corrected chi connectivity index (χ1v) is 6.74. The number of nitrogens with zero attached hydrogens (tertiary/aromatic N) is 4. The van der Waals surface area contributed by atoms with Gasteiger partial charge in [0, 0.05) is 5.38 Å². The molecule has 3 N–H and O–H groups in total. The van der Waals surface area contributed by atoms with Crippen molar-refractivity contribution in [3.8, 4) is 0 Å². The molecule has 0 spiro atoms. The topological polar surface area (TPSA) is 130 Å². The Hall–Kier alpha value is -2.62. The molecule has 2 aromatic heterocycles. The monoisotopic (exact) mass is 308 g/mol. The molecule has 0 aliphatic carbocycles. The lowest BCUT2D eigenvalue weighted by Gasteiger charge is -2.05. The molecule has 0 atom stereocenters. The Morgan fingerprint density at radius 1 is 1.24 bits per heavy atom. The predicted molar refractivity (Wildman–Crippen MR) is 74.2 cm³/mol. The van der Waals surface area contributed by atoms with Crippen LogP contribution in [0.4, 0.5) is 10.7 Å². The third-order valence-corrected chi connectivity index (χ3v) is 3.34. The van der Waals surface area contributed by atoms with Crippen LogP contribution in [0.25, 0.3) is 0 Å². The molecule has 0 aliphatic rings. The van der Waals surface area contributed by atoms with E-state index in [4.69, 9.17) is 5.11 Å². The molecule has 110 valence electrons. The fourth-order valence-corrected chi connectivity index (χ4v) is 2.01. The average molecular weight is 308 g/mol.